The maximum atomic E-state index is 13.5. The molecule has 7 nitrogen and oxygen atoms in total. The molecule has 0 saturated heterocycles. The molecule has 31 heavy (non-hydrogen) atoms. The van der Waals surface area contributed by atoms with Gasteiger partial charge < -0.3 is 14.0 Å². The minimum atomic E-state index is -0.285. The molecule has 0 spiro atoms. The van der Waals surface area contributed by atoms with Gasteiger partial charge in [0.25, 0.3) is 0 Å². The van der Waals surface area contributed by atoms with E-state index in [1.807, 2.05) is 26.1 Å². The van der Waals surface area contributed by atoms with Crippen LogP contribution in [0.25, 0.3) is 22.2 Å². The van der Waals surface area contributed by atoms with Gasteiger partial charge in [-0.1, -0.05) is 5.16 Å². The van der Waals surface area contributed by atoms with Crippen molar-refractivity contribution in [2.75, 3.05) is 13.8 Å². The average Bonchev–Trinajstić information content (AvgIpc) is 3.40. The van der Waals surface area contributed by atoms with Gasteiger partial charge in [0.2, 0.25) is 12.7 Å². The number of benzene rings is 2. The average molecular weight is 420 g/mol. The fourth-order valence-electron chi connectivity index (χ4n) is 3.66. The van der Waals surface area contributed by atoms with Gasteiger partial charge in [-0.05, 0) is 62.9 Å². The van der Waals surface area contributed by atoms with Crippen molar-refractivity contribution in [2.24, 2.45) is 0 Å². The van der Waals surface area contributed by atoms with Gasteiger partial charge in [-0.3, -0.25) is 4.90 Å². The molecular formula is C23H21FN4O3. The topological polar surface area (TPSA) is 73.5 Å². The van der Waals surface area contributed by atoms with Crippen molar-refractivity contribution < 1.29 is 18.4 Å². The second-order valence-electron chi connectivity index (χ2n) is 7.67. The van der Waals surface area contributed by atoms with Gasteiger partial charge >= 0.3 is 0 Å². The molecule has 1 aliphatic rings. The summed E-state index contributed by atoms with van der Waals surface area (Å²) in [6, 6.07) is 12.2. The lowest BCUT2D eigenvalue weighted by Crippen LogP contribution is -2.22. The van der Waals surface area contributed by atoms with E-state index in [1.54, 1.807) is 19.1 Å². The monoisotopic (exact) mass is 420 g/mol. The number of aryl methyl sites for hydroxylation is 1. The highest BCUT2D eigenvalue weighted by molar-refractivity contribution is 5.86. The summed E-state index contributed by atoms with van der Waals surface area (Å²) in [5.41, 5.74) is 3.40. The molecule has 8 heteroatoms. The fourth-order valence-corrected chi connectivity index (χ4v) is 3.66. The van der Waals surface area contributed by atoms with E-state index in [2.05, 4.69) is 21.1 Å². The molecule has 4 aromatic rings. The number of hydrogen-bond donors (Lipinski definition) is 0. The molecule has 158 valence electrons. The maximum absolute atomic E-state index is 13.5. The van der Waals surface area contributed by atoms with E-state index < -0.39 is 0 Å². The number of hydrogen-bond acceptors (Lipinski definition) is 7. The molecule has 3 heterocycles. The van der Waals surface area contributed by atoms with Crippen molar-refractivity contribution >= 4 is 10.9 Å². The van der Waals surface area contributed by atoms with E-state index in [-0.39, 0.29) is 18.7 Å². The highest BCUT2D eigenvalue weighted by atomic mass is 19.1. The summed E-state index contributed by atoms with van der Waals surface area (Å²) in [4.78, 5) is 11.4. The highest BCUT2D eigenvalue weighted by Crippen LogP contribution is 2.37. The number of rotatable bonds is 5. The number of aromatic nitrogens is 3. The van der Waals surface area contributed by atoms with E-state index in [0.29, 0.717) is 29.8 Å². The van der Waals surface area contributed by atoms with Crippen LogP contribution in [0.4, 0.5) is 4.39 Å². The van der Waals surface area contributed by atoms with Crippen molar-refractivity contribution in [1.82, 2.24) is 20.0 Å². The van der Waals surface area contributed by atoms with Crippen LogP contribution in [-0.4, -0.2) is 33.9 Å². The van der Waals surface area contributed by atoms with Crippen LogP contribution < -0.4 is 9.47 Å². The van der Waals surface area contributed by atoms with Crippen molar-refractivity contribution in [3.63, 3.8) is 0 Å². The zero-order valence-electron chi connectivity index (χ0n) is 17.4. The SMILES string of the molecule is Cc1noc(C(C)N(C)Cc2cc3cc4c(cc3nc2-c2ccc(F)cc2)OCO4)n1. The standard InChI is InChI=1S/C23H21FN4O3/c1-13(23-25-14(2)27-31-23)28(3)11-17-8-16-9-20-21(30-12-29-20)10-19(16)26-22(17)15-4-6-18(24)7-5-15/h4-10,13H,11-12H2,1-3H3. The first-order valence-electron chi connectivity index (χ1n) is 9.97. The zero-order valence-corrected chi connectivity index (χ0v) is 17.4. The number of ether oxygens (including phenoxy) is 2. The Morgan fingerprint density at radius 1 is 1.06 bits per heavy atom. The summed E-state index contributed by atoms with van der Waals surface area (Å²) < 4.78 is 29.9. The molecule has 2 aromatic carbocycles. The minimum Gasteiger partial charge on any atom is -0.454 e. The number of halogens is 1. The lowest BCUT2D eigenvalue weighted by Gasteiger charge is -2.23. The van der Waals surface area contributed by atoms with Crippen LogP contribution in [0.5, 0.6) is 11.5 Å². The molecule has 0 N–H and O–H groups in total. The Balaban J connectivity index is 1.57. The Bertz CT molecular complexity index is 1260. The van der Waals surface area contributed by atoms with Gasteiger partial charge in [-0.25, -0.2) is 9.37 Å². The molecule has 0 bridgehead atoms. The van der Waals surface area contributed by atoms with Crippen LogP contribution in [0.1, 0.15) is 30.2 Å². The molecule has 0 aliphatic carbocycles. The van der Waals surface area contributed by atoms with Gasteiger partial charge in [0.05, 0.1) is 17.3 Å². The molecule has 1 atom stereocenters. The molecule has 0 saturated carbocycles. The van der Waals surface area contributed by atoms with Gasteiger partial charge in [0, 0.05) is 23.6 Å². The van der Waals surface area contributed by atoms with Crippen molar-refractivity contribution in [3.05, 3.63) is 65.6 Å². The summed E-state index contributed by atoms with van der Waals surface area (Å²) in [7, 11) is 1.99. The van der Waals surface area contributed by atoms with E-state index in [9.17, 15) is 4.39 Å². The maximum Gasteiger partial charge on any atom is 0.243 e. The third-order valence-corrected chi connectivity index (χ3v) is 5.49. The van der Waals surface area contributed by atoms with Gasteiger partial charge in [0.15, 0.2) is 17.3 Å². The molecule has 0 radical (unpaired) electrons. The van der Waals surface area contributed by atoms with Crippen LogP contribution in [0.3, 0.4) is 0 Å². The number of nitrogens with zero attached hydrogens (tertiary/aromatic N) is 4. The second-order valence-corrected chi connectivity index (χ2v) is 7.67. The Hall–Kier alpha value is -3.52. The minimum absolute atomic E-state index is 0.0882. The van der Waals surface area contributed by atoms with Gasteiger partial charge in [-0.15, -0.1) is 0 Å². The lowest BCUT2D eigenvalue weighted by molar-refractivity contribution is 0.174. The third-order valence-electron chi connectivity index (χ3n) is 5.49. The Morgan fingerprint density at radius 3 is 2.52 bits per heavy atom. The molecular weight excluding hydrogens is 399 g/mol. The first-order chi connectivity index (χ1) is 15.0. The zero-order chi connectivity index (χ0) is 21.5. The number of pyridine rings is 1. The first-order valence-corrected chi connectivity index (χ1v) is 9.97. The Labute approximate surface area is 178 Å². The van der Waals surface area contributed by atoms with Crippen molar-refractivity contribution in [2.45, 2.75) is 26.4 Å². The first kappa shape index (κ1) is 19.4. The summed E-state index contributed by atoms with van der Waals surface area (Å²) >= 11 is 0. The molecule has 2 aromatic heterocycles. The van der Waals surface area contributed by atoms with Crippen LogP contribution >= 0.6 is 0 Å². The Morgan fingerprint density at radius 2 is 1.81 bits per heavy atom. The van der Waals surface area contributed by atoms with Gasteiger partial charge in [0.1, 0.15) is 5.82 Å². The van der Waals surface area contributed by atoms with E-state index >= 15 is 0 Å². The lowest BCUT2D eigenvalue weighted by atomic mass is 10.0. The largest absolute Gasteiger partial charge is 0.454 e. The van der Waals surface area contributed by atoms with Crippen LogP contribution in [-0.2, 0) is 6.54 Å². The molecule has 5 rings (SSSR count). The van der Waals surface area contributed by atoms with E-state index in [1.165, 1.54) is 12.1 Å². The van der Waals surface area contributed by atoms with Crippen molar-refractivity contribution in [3.8, 4) is 22.8 Å². The summed E-state index contributed by atoms with van der Waals surface area (Å²) in [5.74, 6) is 2.26. The summed E-state index contributed by atoms with van der Waals surface area (Å²) in [6.45, 7) is 4.58. The third kappa shape index (κ3) is 3.70. The quantitative estimate of drug-likeness (QED) is 0.465. The number of fused-ring (bicyclic) bond motifs is 2. The molecule has 1 aliphatic heterocycles. The molecule has 0 amide bonds. The van der Waals surface area contributed by atoms with Crippen LogP contribution in [0.2, 0.25) is 0 Å². The van der Waals surface area contributed by atoms with Crippen LogP contribution in [0.15, 0.2) is 47.0 Å². The normalized spacial score (nSPS) is 13.8. The highest BCUT2D eigenvalue weighted by Gasteiger charge is 2.21. The smallest absolute Gasteiger partial charge is 0.243 e. The van der Waals surface area contributed by atoms with E-state index in [4.69, 9.17) is 19.0 Å². The van der Waals surface area contributed by atoms with Gasteiger partial charge in [-0.2, -0.15) is 4.98 Å². The predicted octanol–water partition coefficient (Wildman–Crippen LogP) is 4.65. The molecule has 0 fully saturated rings. The van der Waals surface area contributed by atoms with Crippen molar-refractivity contribution in [1.29, 1.82) is 0 Å². The second kappa shape index (κ2) is 7.63. The summed E-state index contributed by atoms with van der Waals surface area (Å²) in [6.07, 6.45) is 0. The van der Waals surface area contributed by atoms with E-state index in [0.717, 1.165) is 27.7 Å². The van der Waals surface area contributed by atoms with Crippen LogP contribution in [0, 0.1) is 12.7 Å². The Kier molecular flexibility index (Phi) is 4.78. The summed E-state index contributed by atoms with van der Waals surface area (Å²) in [5, 5.41) is 4.83. The molecule has 1 unspecified atom stereocenters. The predicted molar refractivity (Wildman–Crippen MR) is 112 cm³/mol. The fraction of sp³-hybridized carbons (Fsp3) is 0.261.